The molecular formula is C25H40N2O4. The minimum Gasteiger partial charge on any atom is -0.463 e. The molecule has 0 aromatic heterocycles. The van der Waals surface area contributed by atoms with E-state index in [4.69, 9.17) is 14.4 Å². The Bertz CT molecular complexity index is 765. The molecule has 31 heavy (non-hydrogen) atoms. The first-order chi connectivity index (χ1) is 14.7. The Hall–Kier alpha value is -1.59. The van der Waals surface area contributed by atoms with Crippen molar-refractivity contribution in [1.29, 1.82) is 0 Å². The van der Waals surface area contributed by atoms with Crippen molar-refractivity contribution in [3.63, 3.8) is 0 Å². The third-order valence-electron chi connectivity index (χ3n) is 9.67. The van der Waals surface area contributed by atoms with Crippen LogP contribution in [0.2, 0.25) is 0 Å². The second-order valence-corrected chi connectivity index (χ2v) is 11.0. The van der Waals surface area contributed by atoms with Crippen LogP contribution in [0.3, 0.4) is 0 Å². The fraction of sp³-hybridized carbons (Fsp3) is 0.880. The van der Waals surface area contributed by atoms with Crippen LogP contribution < -0.4 is 0 Å². The van der Waals surface area contributed by atoms with Gasteiger partial charge in [-0.25, -0.2) is 0 Å². The maximum atomic E-state index is 11.5. The van der Waals surface area contributed by atoms with E-state index < -0.39 is 0 Å². The summed E-state index contributed by atoms with van der Waals surface area (Å²) in [5.41, 5.74) is 2.67. The third-order valence-corrected chi connectivity index (χ3v) is 9.67. The number of hydrogen-bond donors (Lipinski definition) is 0. The first-order valence-corrected chi connectivity index (χ1v) is 12.1. The summed E-state index contributed by atoms with van der Waals surface area (Å²) in [5.74, 6) is 2.79. The Balaban J connectivity index is 1.60. The molecule has 6 nitrogen and oxygen atoms in total. The Morgan fingerprint density at radius 2 is 1.71 bits per heavy atom. The van der Waals surface area contributed by atoms with Crippen LogP contribution in [0.1, 0.15) is 79.1 Å². The van der Waals surface area contributed by atoms with Crippen molar-refractivity contribution < 1.29 is 19.2 Å². The molecule has 4 rings (SSSR count). The molecular weight excluding hydrogens is 392 g/mol. The SMILES string of the molecule is CON=C(C)C1C(=NOC)CC2C3CCC4CC(OC(C)=O)CCC4(C)C3CCC12C. The number of hydrogen-bond acceptors (Lipinski definition) is 6. The molecule has 4 aliphatic carbocycles. The predicted octanol–water partition coefficient (Wildman–Crippen LogP) is 5.21. The molecule has 8 atom stereocenters. The zero-order chi connectivity index (χ0) is 22.4. The van der Waals surface area contributed by atoms with Gasteiger partial charge in [0.15, 0.2) is 0 Å². The average Bonchev–Trinajstić information content (AvgIpc) is 3.00. The van der Waals surface area contributed by atoms with Crippen LogP contribution in [0.15, 0.2) is 10.3 Å². The largest absolute Gasteiger partial charge is 0.463 e. The van der Waals surface area contributed by atoms with Crippen LogP contribution in [0.5, 0.6) is 0 Å². The minimum absolute atomic E-state index is 0.116. The summed E-state index contributed by atoms with van der Waals surface area (Å²) >= 11 is 0. The molecule has 4 saturated carbocycles. The highest BCUT2D eigenvalue weighted by Crippen LogP contribution is 2.67. The van der Waals surface area contributed by atoms with E-state index in [2.05, 4.69) is 31.1 Å². The van der Waals surface area contributed by atoms with Crippen LogP contribution in [-0.4, -0.2) is 37.7 Å². The van der Waals surface area contributed by atoms with Gasteiger partial charge in [0, 0.05) is 12.8 Å². The summed E-state index contributed by atoms with van der Waals surface area (Å²) in [6, 6.07) is 0. The number of ether oxygens (including phenoxy) is 1. The lowest BCUT2D eigenvalue weighted by Gasteiger charge is -2.60. The number of carbonyl (C=O) groups excluding carboxylic acids is 1. The molecule has 0 aromatic carbocycles. The van der Waals surface area contributed by atoms with Gasteiger partial charge in [-0.15, -0.1) is 0 Å². The van der Waals surface area contributed by atoms with Gasteiger partial charge >= 0.3 is 5.97 Å². The highest BCUT2D eigenvalue weighted by Gasteiger charge is 2.62. The van der Waals surface area contributed by atoms with Crippen molar-refractivity contribution in [1.82, 2.24) is 0 Å². The zero-order valence-electron chi connectivity index (χ0n) is 20.1. The quantitative estimate of drug-likeness (QED) is 0.347. The zero-order valence-corrected chi connectivity index (χ0v) is 20.1. The normalized spacial score (nSPS) is 46.0. The molecule has 0 radical (unpaired) electrons. The molecule has 0 bridgehead atoms. The highest BCUT2D eigenvalue weighted by atomic mass is 16.6. The predicted molar refractivity (Wildman–Crippen MR) is 121 cm³/mol. The van der Waals surface area contributed by atoms with Gasteiger partial charge in [0.2, 0.25) is 0 Å². The van der Waals surface area contributed by atoms with E-state index in [9.17, 15) is 4.79 Å². The number of nitrogens with zero attached hydrogens (tertiary/aromatic N) is 2. The summed E-state index contributed by atoms with van der Waals surface area (Å²) in [6.45, 7) is 8.61. The van der Waals surface area contributed by atoms with Crippen LogP contribution in [0.25, 0.3) is 0 Å². The van der Waals surface area contributed by atoms with Crippen LogP contribution >= 0.6 is 0 Å². The molecule has 0 aromatic rings. The van der Waals surface area contributed by atoms with E-state index in [0.717, 1.165) is 36.6 Å². The second kappa shape index (κ2) is 8.40. The highest BCUT2D eigenvalue weighted by molar-refractivity contribution is 6.08. The number of rotatable bonds is 4. The second-order valence-electron chi connectivity index (χ2n) is 11.0. The summed E-state index contributed by atoms with van der Waals surface area (Å²) in [5, 5.41) is 8.81. The molecule has 0 N–H and O–H groups in total. The Labute approximate surface area is 187 Å². The Morgan fingerprint density at radius 3 is 2.39 bits per heavy atom. The molecule has 0 aliphatic heterocycles. The standard InChI is InChI=1S/C25H40N2O4/c1-15(26-29-5)23-22(27-30-6)14-21-19-8-7-17-13-18(31-16(2)28)9-11-24(17,3)20(19)10-12-25(21,23)4/h17-21,23H,7-14H2,1-6H3. The maximum absolute atomic E-state index is 11.5. The molecule has 4 fully saturated rings. The van der Waals surface area contributed by atoms with Gasteiger partial charge in [-0.3, -0.25) is 4.79 Å². The molecule has 0 heterocycles. The lowest BCUT2D eigenvalue weighted by molar-refractivity contribution is -0.159. The lowest BCUT2D eigenvalue weighted by atomic mass is 9.44. The summed E-state index contributed by atoms with van der Waals surface area (Å²) < 4.78 is 5.62. The van der Waals surface area contributed by atoms with E-state index in [1.54, 1.807) is 14.2 Å². The van der Waals surface area contributed by atoms with E-state index >= 15 is 0 Å². The molecule has 8 unspecified atom stereocenters. The van der Waals surface area contributed by atoms with Crippen molar-refractivity contribution in [2.75, 3.05) is 14.2 Å². The lowest BCUT2D eigenvalue weighted by Crippen LogP contribution is -2.54. The number of oxime groups is 2. The van der Waals surface area contributed by atoms with E-state index in [-0.39, 0.29) is 23.4 Å². The van der Waals surface area contributed by atoms with Crippen molar-refractivity contribution in [2.45, 2.75) is 85.2 Å². The average molecular weight is 433 g/mol. The van der Waals surface area contributed by atoms with Gasteiger partial charge in [0.05, 0.1) is 11.4 Å². The van der Waals surface area contributed by atoms with Crippen molar-refractivity contribution in [3.05, 3.63) is 0 Å². The Morgan fingerprint density at radius 1 is 0.968 bits per heavy atom. The van der Waals surface area contributed by atoms with Crippen molar-refractivity contribution in [3.8, 4) is 0 Å². The van der Waals surface area contributed by atoms with Crippen molar-refractivity contribution in [2.24, 2.45) is 50.7 Å². The third kappa shape index (κ3) is 3.68. The van der Waals surface area contributed by atoms with Crippen LogP contribution in [0, 0.1) is 40.4 Å². The fourth-order valence-corrected chi connectivity index (χ4v) is 8.50. The van der Waals surface area contributed by atoms with E-state index in [0.29, 0.717) is 23.2 Å². The molecule has 0 spiro atoms. The van der Waals surface area contributed by atoms with Gasteiger partial charge in [-0.2, -0.15) is 0 Å². The number of fused-ring (bicyclic) bond motifs is 5. The first-order valence-electron chi connectivity index (χ1n) is 12.1. The van der Waals surface area contributed by atoms with E-state index in [1.165, 1.54) is 39.0 Å². The fourth-order valence-electron chi connectivity index (χ4n) is 8.50. The summed E-state index contributed by atoms with van der Waals surface area (Å²) in [6.07, 6.45) is 9.32. The maximum Gasteiger partial charge on any atom is 0.302 e. The van der Waals surface area contributed by atoms with Crippen LogP contribution in [-0.2, 0) is 19.2 Å². The Kier molecular flexibility index (Phi) is 6.12. The van der Waals surface area contributed by atoms with Gasteiger partial charge in [-0.1, -0.05) is 24.2 Å². The number of carbonyl (C=O) groups is 1. The first kappa shape index (κ1) is 22.6. The van der Waals surface area contributed by atoms with Crippen molar-refractivity contribution >= 4 is 17.4 Å². The monoisotopic (exact) mass is 432 g/mol. The molecule has 4 aliphatic rings. The van der Waals surface area contributed by atoms with Crippen LogP contribution in [0.4, 0.5) is 0 Å². The minimum atomic E-state index is -0.134. The topological polar surface area (TPSA) is 69.5 Å². The summed E-state index contributed by atoms with van der Waals surface area (Å²) in [7, 11) is 3.27. The molecule has 0 amide bonds. The number of esters is 1. The summed E-state index contributed by atoms with van der Waals surface area (Å²) in [4.78, 5) is 21.9. The molecule has 0 saturated heterocycles. The molecule has 174 valence electrons. The van der Waals surface area contributed by atoms with E-state index in [1.807, 2.05) is 0 Å². The van der Waals surface area contributed by atoms with Gasteiger partial charge < -0.3 is 14.4 Å². The van der Waals surface area contributed by atoms with Gasteiger partial charge in [-0.05, 0) is 92.8 Å². The smallest absolute Gasteiger partial charge is 0.302 e. The molecule has 6 heteroatoms. The van der Waals surface area contributed by atoms with Gasteiger partial charge in [0.1, 0.15) is 20.3 Å². The van der Waals surface area contributed by atoms with Gasteiger partial charge in [0.25, 0.3) is 0 Å².